The lowest BCUT2D eigenvalue weighted by Crippen LogP contribution is -2.53. The maximum atomic E-state index is 13.0. The molecule has 3 aromatic rings. The van der Waals surface area contributed by atoms with Crippen molar-refractivity contribution in [1.29, 1.82) is 0 Å². The van der Waals surface area contributed by atoms with Crippen molar-refractivity contribution in [2.45, 2.75) is 19.5 Å². The molecular formula is C24H21N3O3. The first-order valence-electron chi connectivity index (χ1n) is 9.68. The van der Waals surface area contributed by atoms with Gasteiger partial charge in [-0.15, -0.1) is 0 Å². The topological polar surface area (TPSA) is 78.5 Å². The molecule has 4 rings (SSSR count). The molecule has 0 spiro atoms. The number of amides is 4. The summed E-state index contributed by atoms with van der Waals surface area (Å²) in [7, 11) is 0. The van der Waals surface area contributed by atoms with Crippen molar-refractivity contribution in [1.82, 2.24) is 10.2 Å². The monoisotopic (exact) mass is 399 g/mol. The Kier molecular flexibility index (Phi) is 5.30. The van der Waals surface area contributed by atoms with Gasteiger partial charge in [0.05, 0.1) is 11.1 Å². The summed E-state index contributed by atoms with van der Waals surface area (Å²) in [4.78, 5) is 39.8. The van der Waals surface area contributed by atoms with Crippen LogP contribution >= 0.6 is 0 Å². The number of anilines is 1. The number of imide groups is 1. The lowest BCUT2D eigenvalue weighted by molar-refractivity contribution is 0.0565. The Balaban J connectivity index is 1.60. The molecule has 0 saturated heterocycles. The van der Waals surface area contributed by atoms with Crippen molar-refractivity contribution >= 4 is 23.5 Å². The molecule has 30 heavy (non-hydrogen) atoms. The first kappa shape index (κ1) is 19.4. The third-order valence-corrected chi connectivity index (χ3v) is 5.10. The summed E-state index contributed by atoms with van der Waals surface area (Å²) < 4.78 is 0. The fraction of sp³-hybridized carbons (Fsp3) is 0.125. The van der Waals surface area contributed by atoms with Gasteiger partial charge in [0.2, 0.25) is 0 Å². The van der Waals surface area contributed by atoms with E-state index in [1.165, 1.54) is 0 Å². The number of para-hydroxylation sites is 1. The average molecular weight is 399 g/mol. The van der Waals surface area contributed by atoms with Crippen molar-refractivity contribution in [3.8, 4) is 0 Å². The molecule has 3 aromatic carbocycles. The van der Waals surface area contributed by atoms with Gasteiger partial charge in [-0.3, -0.25) is 14.5 Å². The standard InChI is InChI=1S/C24H21N3O3/c1-16-9-5-8-14-20(16)25-24(30)26-21(15-17-10-3-2-4-11-17)27-22(28)18-12-6-7-13-19(18)23(27)29/h2-14,21H,15H2,1H3,(H2,25,26,30). The Morgan fingerprint density at radius 3 is 2.03 bits per heavy atom. The summed E-state index contributed by atoms with van der Waals surface area (Å²) in [5.41, 5.74) is 3.17. The van der Waals surface area contributed by atoms with E-state index in [0.29, 0.717) is 23.2 Å². The Morgan fingerprint density at radius 1 is 0.833 bits per heavy atom. The molecule has 1 aliphatic rings. The summed E-state index contributed by atoms with van der Waals surface area (Å²) in [6, 6.07) is 23.0. The van der Waals surface area contributed by atoms with E-state index < -0.39 is 24.0 Å². The predicted octanol–water partition coefficient (Wildman–Crippen LogP) is 3.98. The number of benzene rings is 3. The van der Waals surface area contributed by atoms with Crippen LogP contribution in [0.1, 0.15) is 31.8 Å². The van der Waals surface area contributed by atoms with E-state index in [1.54, 1.807) is 30.3 Å². The summed E-state index contributed by atoms with van der Waals surface area (Å²) >= 11 is 0. The highest BCUT2D eigenvalue weighted by atomic mass is 16.2. The smallest absolute Gasteiger partial charge is 0.317 e. The van der Waals surface area contributed by atoms with Crippen LogP contribution in [-0.4, -0.2) is 28.9 Å². The highest BCUT2D eigenvalue weighted by Gasteiger charge is 2.40. The van der Waals surface area contributed by atoms with Crippen molar-refractivity contribution in [3.63, 3.8) is 0 Å². The molecule has 0 radical (unpaired) electrons. The second kappa shape index (κ2) is 8.21. The van der Waals surface area contributed by atoms with Crippen molar-refractivity contribution < 1.29 is 14.4 Å². The number of fused-ring (bicyclic) bond motifs is 1. The fourth-order valence-electron chi connectivity index (χ4n) is 3.56. The minimum Gasteiger partial charge on any atom is -0.317 e. The molecule has 0 fully saturated rings. The Labute approximate surface area is 174 Å². The quantitative estimate of drug-likeness (QED) is 0.637. The molecule has 6 heteroatoms. The van der Waals surface area contributed by atoms with Crippen LogP contribution < -0.4 is 10.6 Å². The largest absolute Gasteiger partial charge is 0.320 e. The molecule has 0 aromatic heterocycles. The van der Waals surface area contributed by atoms with E-state index in [1.807, 2.05) is 55.5 Å². The molecule has 1 aliphatic heterocycles. The van der Waals surface area contributed by atoms with Gasteiger partial charge < -0.3 is 10.6 Å². The zero-order valence-electron chi connectivity index (χ0n) is 16.5. The summed E-state index contributed by atoms with van der Waals surface area (Å²) in [6.07, 6.45) is -0.531. The lowest BCUT2D eigenvalue weighted by atomic mass is 10.1. The number of carbonyl (C=O) groups is 3. The SMILES string of the molecule is Cc1ccccc1NC(=O)NC(Cc1ccccc1)N1C(=O)c2ccccc2C1=O. The molecule has 4 amide bonds. The summed E-state index contributed by atoms with van der Waals surface area (Å²) in [6.45, 7) is 1.89. The molecule has 2 N–H and O–H groups in total. The van der Waals surface area contributed by atoms with Gasteiger partial charge in [-0.1, -0.05) is 60.7 Å². The van der Waals surface area contributed by atoms with Crippen LogP contribution in [0.3, 0.4) is 0 Å². The van der Waals surface area contributed by atoms with Crippen LogP contribution in [0.15, 0.2) is 78.9 Å². The van der Waals surface area contributed by atoms with E-state index in [0.717, 1.165) is 16.0 Å². The molecule has 0 aliphatic carbocycles. The lowest BCUT2D eigenvalue weighted by Gasteiger charge is -2.27. The Morgan fingerprint density at radius 2 is 1.40 bits per heavy atom. The first-order valence-corrected chi connectivity index (χ1v) is 9.68. The summed E-state index contributed by atoms with van der Waals surface area (Å²) in [5.74, 6) is -0.819. The zero-order chi connectivity index (χ0) is 21.1. The number of nitrogens with zero attached hydrogens (tertiary/aromatic N) is 1. The van der Waals surface area contributed by atoms with E-state index in [4.69, 9.17) is 0 Å². The Bertz CT molecular complexity index is 1080. The molecule has 0 saturated carbocycles. The number of hydrogen-bond donors (Lipinski definition) is 2. The van der Waals surface area contributed by atoms with Crippen molar-refractivity contribution in [3.05, 3.63) is 101 Å². The number of nitrogens with one attached hydrogen (secondary N) is 2. The molecule has 1 heterocycles. The van der Waals surface area contributed by atoms with Gasteiger partial charge in [0, 0.05) is 12.1 Å². The molecule has 1 unspecified atom stereocenters. The van der Waals surface area contributed by atoms with Crippen molar-refractivity contribution in [2.24, 2.45) is 0 Å². The molecular weight excluding hydrogens is 378 g/mol. The normalized spacial score (nSPS) is 13.7. The number of urea groups is 1. The molecule has 150 valence electrons. The minimum atomic E-state index is -0.830. The maximum absolute atomic E-state index is 13.0. The second-order valence-electron chi connectivity index (χ2n) is 7.14. The van der Waals surface area contributed by atoms with Gasteiger partial charge in [-0.2, -0.15) is 0 Å². The third-order valence-electron chi connectivity index (χ3n) is 5.10. The van der Waals surface area contributed by atoms with Crippen LogP contribution in [0, 0.1) is 6.92 Å². The number of aryl methyl sites for hydroxylation is 1. The van der Waals surface area contributed by atoms with Crippen LogP contribution in [0.25, 0.3) is 0 Å². The van der Waals surface area contributed by atoms with Gasteiger partial charge >= 0.3 is 6.03 Å². The van der Waals surface area contributed by atoms with Crippen LogP contribution in [0.5, 0.6) is 0 Å². The van der Waals surface area contributed by atoms with Crippen LogP contribution in [0.4, 0.5) is 10.5 Å². The van der Waals surface area contributed by atoms with Crippen LogP contribution in [0.2, 0.25) is 0 Å². The highest BCUT2D eigenvalue weighted by molar-refractivity contribution is 6.21. The maximum Gasteiger partial charge on any atom is 0.320 e. The van der Waals surface area contributed by atoms with E-state index >= 15 is 0 Å². The van der Waals surface area contributed by atoms with Gasteiger partial charge in [0.15, 0.2) is 0 Å². The van der Waals surface area contributed by atoms with Crippen LogP contribution in [-0.2, 0) is 6.42 Å². The van der Waals surface area contributed by atoms with Gasteiger partial charge in [0.25, 0.3) is 11.8 Å². The highest BCUT2D eigenvalue weighted by Crippen LogP contribution is 2.25. The number of rotatable bonds is 5. The van der Waals surface area contributed by atoms with E-state index in [2.05, 4.69) is 10.6 Å². The van der Waals surface area contributed by atoms with Crippen molar-refractivity contribution in [2.75, 3.05) is 5.32 Å². The fourth-order valence-corrected chi connectivity index (χ4v) is 3.56. The first-order chi connectivity index (χ1) is 14.5. The summed E-state index contributed by atoms with van der Waals surface area (Å²) in [5, 5.41) is 5.61. The third kappa shape index (κ3) is 3.80. The average Bonchev–Trinajstić information content (AvgIpc) is 3.01. The van der Waals surface area contributed by atoms with Gasteiger partial charge in [-0.05, 0) is 36.2 Å². The predicted molar refractivity (Wildman–Crippen MR) is 114 cm³/mol. The second-order valence-corrected chi connectivity index (χ2v) is 7.14. The van der Waals surface area contributed by atoms with Gasteiger partial charge in [0.1, 0.15) is 6.17 Å². The zero-order valence-corrected chi connectivity index (χ0v) is 16.5. The molecule has 0 bridgehead atoms. The Hall–Kier alpha value is -3.93. The molecule has 1 atom stereocenters. The molecule has 6 nitrogen and oxygen atoms in total. The number of carbonyl (C=O) groups excluding carboxylic acids is 3. The van der Waals surface area contributed by atoms with Gasteiger partial charge in [-0.25, -0.2) is 4.79 Å². The minimum absolute atomic E-state index is 0.299. The van der Waals surface area contributed by atoms with E-state index in [-0.39, 0.29) is 0 Å². The van der Waals surface area contributed by atoms with E-state index in [9.17, 15) is 14.4 Å². The number of hydrogen-bond acceptors (Lipinski definition) is 3.